The van der Waals surface area contributed by atoms with Gasteiger partial charge < -0.3 is 4.74 Å². The number of hydrogen-bond acceptors (Lipinski definition) is 1. The van der Waals surface area contributed by atoms with Crippen LogP contribution in [0.15, 0.2) is 42.5 Å². The number of rotatable bonds is 2. The van der Waals surface area contributed by atoms with Crippen molar-refractivity contribution < 1.29 is 17.9 Å². The quantitative estimate of drug-likeness (QED) is 0.737. The van der Waals surface area contributed by atoms with E-state index in [1.807, 2.05) is 6.08 Å². The Morgan fingerprint density at radius 1 is 1.11 bits per heavy atom. The first kappa shape index (κ1) is 13.7. The highest BCUT2D eigenvalue weighted by molar-refractivity contribution is 5.75. The maximum absolute atomic E-state index is 12.0. The van der Waals surface area contributed by atoms with E-state index in [4.69, 9.17) is 0 Å². The van der Waals surface area contributed by atoms with E-state index in [1.165, 1.54) is 12.1 Å². The molecule has 1 aromatic carbocycles. The monoisotopic (exact) mass is 268 g/mol. The Morgan fingerprint density at radius 2 is 1.74 bits per heavy atom. The highest BCUT2D eigenvalue weighted by Crippen LogP contribution is 2.32. The summed E-state index contributed by atoms with van der Waals surface area (Å²) in [5.41, 5.74) is 2.06. The summed E-state index contributed by atoms with van der Waals surface area (Å²) in [5, 5.41) is 0. The van der Waals surface area contributed by atoms with Gasteiger partial charge in [0, 0.05) is 0 Å². The number of allylic oxidation sites excluding steroid dienone is 4. The zero-order valence-corrected chi connectivity index (χ0v) is 10.8. The molecule has 0 aliphatic heterocycles. The summed E-state index contributed by atoms with van der Waals surface area (Å²) in [7, 11) is 0. The fraction of sp³-hybridized carbons (Fsp3) is 0.333. The van der Waals surface area contributed by atoms with E-state index in [-0.39, 0.29) is 11.2 Å². The van der Waals surface area contributed by atoms with Gasteiger partial charge in [0.2, 0.25) is 0 Å². The second-order valence-corrected chi connectivity index (χ2v) is 5.26. The number of benzene rings is 1. The van der Waals surface area contributed by atoms with Crippen LogP contribution in [0.4, 0.5) is 13.2 Å². The zero-order chi connectivity index (χ0) is 14.1. The first-order valence-corrected chi connectivity index (χ1v) is 6.01. The molecule has 0 atom stereocenters. The molecule has 0 bridgehead atoms. The van der Waals surface area contributed by atoms with E-state index >= 15 is 0 Å². The van der Waals surface area contributed by atoms with E-state index in [1.54, 1.807) is 12.1 Å². The van der Waals surface area contributed by atoms with Crippen molar-refractivity contribution in [2.24, 2.45) is 5.41 Å². The molecular weight excluding hydrogens is 253 g/mol. The van der Waals surface area contributed by atoms with Crippen LogP contribution in [0.3, 0.4) is 0 Å². The lowest BCUT2D eigenvalue weighted by molar-refractivity contribution is -0.274. The van der Waals surface area contributed by atoms with Crippen molar-refractivity contribution in [1.82, 2.24) is 0 Å². The molecule has 0 spiro atoms. The van der Waals surface area contributed by atoms with Crippen LogP contribution in [0.5, 0.6) is 5.75 Å². The van der Waals surface area contributed by atoms with Crippen molar-refractivity contribution in [3.63, 3.8) is 0 Å². The normalized spacial score (nSPS) is 18.1. The van der Waals surface area contributed by atoms with Gasteiger partial charge in [-0.2, -0.15) is 0 Å². The average molecular weight is 268 g/mol. The lowest BCUT2D eigenvalue weighted by atomic mass is 9.83. The van der Waals surface area contributed by atoms with E-state index in [0.29, 0.717) is 0 Å². The molecule has 0 amide bonds. The zero-order valence-electron chi connectivity index (χ0n) is 10.8. The summed E-state index contributed by atoms with van der Waals surface area (Å²) in [6.07, 6.45) is 2.49. The summed E-state index contributed by atoms with van der Waals surface area (Å²) >= 11 is 0. The minimum absolute atomic E-state index is 0.142. The van der Waals surface area contributed by atoms with Gasteiger partial charge in [0.15, 0.2) is 0 Å². The standard InChI is InChI=1S/C15H15F3O/c1-14(2)9-7-12(8-10-14)11-3-5-13(6-4-11)19-15(16,17)18/h3-9H,10H2,1-2H3. The van der Waals surface area contributed by atoms with Gasteiger partial charge in [0.1, 0.15) is 5.75 Å². The maximum atomic E-state index is 12.0. The molecule has 0 heterocycles. The Labute approximate surface area is 110 Å². The second-order valence-electron chi connectivity index (χ2n) is 5.26. The number of halogens is 3. The first-order chi connectivity index (χ1) is 8.75. The lowest BCUT2D eigenvalue weighted by Gasteiger charge is -2.22. The van der Waals surface area contributed by atoms with Crippen molar-refractivity contribution in [2.75, 3.05) is 0 Å². The Hall–Kier alpha value is -1.71. The van der Waals surface area contributed by atoms with Gasteiger partial charge in [-0.3, -0.25) is 0 Å². The number of hydrogen-bond donors (Lipinski definition) is 0. The van der Waals surface area contributed by atoms with Gasteiger partial charge in [-0.1, -0.05) is 44.2 Å². The van der Waals surface area contributed by atoms with Gasteiger partial charge in [-0.05, 0) is 35.1 Å². The second kappa shape index (κ2) is 4.76. The van der Waals surface area contributed by atoms with Crippen LogP contribution in [0.2, 0.25) is 0 Å². The van der Waals surface area contributed by atoms with Crippen molar-refractivity contribution in [3.05, 3.63) is 48.1 Å². The van der Waals surface area contributed by atoms with E-state index < -0.39 is 6.36 Å². The van der Waals surface area contributed by atoms with Crippen LogP contribution in [0.1, 0.15) is 25.8 Å². The van der Waals surface area contributed by atoms with Gasteiger partial charge in [-0.15, -0.1) is 13.2 Å². The molecule has 1 aromatic rings. The maximum Gasteiger partial charge on any atom is 0.573 e. The van der Waals surface area contributed by atoms with Crippen molar-refractivity contribution in [1.29, 1.82) is 0 Å². The molecule has 0 N–H and O–H groups in total. The van der Waals surface area contributed by atoms with E-state index in [9.17, 15) is 13.2 Å². The summed E-state index contributed by atoms with van der Waals surface area (Å²) in [6, 6.07) is 5.93. The molecule has 0 unspecified atom stereocenters. The molecule has 102 valence electrons. The van der Waals surface area contributed by atoms with Gasteiger partial charge in [-0.25, -0.2) is 0 Å². The smallest absolute Gasteiger partial charge is 0.406 e. The average Bonchev–Trinajstić information content (AvgIpc) is 2.28. The van der Waals surface area contributed by atoms with Crippen molar-refractivity contribution in [3.8, 4) is 5.75 Å². The summed E-state index contributed by atoms with van der Waals surface area (Å²) in [6.45, 7) is 4.27. The van der Waals surface area contributed by atoms with Crippen LogP contribution < -0.4 is 4.74 Å². The van der Waals surface area contributed by atoms with Crippen molar-refractivity contribution >= 4 is 5.57 Å². The highest BCUT2D eigenvalue weighted by Gasteiger charge is 2.31. The minimum Gasteiger partial charge on any atom is -0.406 e. The molecule has 2 rings (SSSR count). The van der Waals surface area contributed by atoms with Gasteiger partial charge in [0.05, 0.1) is 0 Å². The predicted octanol–water partition coefficient (Wildman–Crippen LogP) is 4.95. The molecule has 0 aromatic heterocycles. The van der Waals surface area contributed by atoms with Gasteiger partial charge in [0.25, 0.3) is 0 Å². The lowest BCUT2D eigenvalue weighted by Crippen LogP contribution is -2.17. The molecule has 0 radical (unpaired) electrons. The van der Waals surface area contributed by atoms with Crippen LogP contribution in [-0.2, 0) is 0 Å². The minimum atomic E-state index is -4.64. The molecule has 1 nitrogen and oxygen atoms in total. The fourth-order valence-electron chi connectivity index (χ4n) is 1.89. The Balaban J connectivity index is 2.12. The SMILES string of the molecule is CC1(C)C=CC(c2ccc(OC(F)(F)F)cc2)=CC1. The van der Waals surface area contributed by atoms with Crippen LogP contribution in [0.25, 0.3) is 5.57 Å². The van der Waals surface area contributed by atoms with E-state index in [0.717, 1.165) is 17.6 Å². The summed E-state index contributed by atoms with van der Waals surface area (Å²) in [4.78, 5) is 0. The summed E-state index contributed by atoms with van der Waals surface area (Å²) < 4.78 is 40.0. The molecule has 1 aliphatic rings. The third-order valence-electron chi connectivity index (χ3n) is 2.98. The van der Waals surface area contributed by atoms with Gasteiger partial charge >= 0.3 is 6.36 Å². The van der Waals surface area contributed by atoms with Crippen molar-refractivity contribution in [2.45, 2.75) is 26.6 Å². The molecule has 1 aliphatic carbocycles. The molecule has 19 heavy (non-hydrogen) atoms. The summed E-state index contributed by atoms with van der Waals surface area (Å²) in [5.74, 6) is -0.197. The Morgan fingerprint density at radius 3 is 2.21 bits per heavy atom. The highest BCUT2D eigenvalue weighted by atomic mass is 19.4. The van der Waals surface area contributed by atoms with E-state index in [2.05, 4.69) is 30.7 Å². The fourth-order valence-corrected chi connectivity index (χ4v) is 1.89. The Bertz CT molecular complexity index is 507. The largest absolute Gasteiger partial charge is 0.573 e. The van der Waals surface area contributed by atoms with Crippen LogP contribution in [-0.4, -0.2) is 6.36 Å². The third kappa shape index (κ3) is 3.88. The molecule has 0 saturated carbocycles. The Kier molecular flexibility index (Phi) is 3.43. The number of alkyl halides is 3. The topological polar surface area (TPSA) is 9.23 Å². The molecule has 0 saturated heterocycles. The molecule has 4 heteroatoms. The number of ether oxygens (including phenoxy) is 1. The molecule has 0 fully saturated rings. The predicted molar refractivity (Wildman–Crippen MR) is 68.6 cm³/mol. The van der Waals surface area contributed by atoms with Crippen LogP contribution in [0, 0.1) is 5.41 Å². The van der Waals surface area contributed by atoms with Crippen LogP contribution >= 0.6 is 0 Å². The first-order valence-electron chi connectivity index (χ1n) is 6.01. The third-order valence-corrected chi connectivity index (χ3v) is 2.98. The molecular formula is C15H15F3O.